The molecule has 1 amide bonds. The summed E-state index contributed by atoms with van der Waals surface area (Å²) in [5, 5.41) is 1.04. The molecule has 0 unspecified atom stereocenters. The van der Waals surface area contributed by atoms with Crippen LogP contribution >= 0.6 is 0 Å². The van der Waals surface area contributed by atoms with Gasteiger partial charge in [0, 0.05) is 43.2 Å². The molecule has 1 aromatic heterocycles. The third kappa shape index (κ3) is 5.57. The number of fused-ring (bicyclic) bond motifs is 1. The first kappa shape index (κ1) is 23.6. The fraction of sp³-hybridized carbons (Fsp3) is 0.400. The second-order valence-electron chi connectivity index (χ2n) is 9.65. The summed E-state index contributed by atoms with van der Waals surface area (Å²) in [5.41, 5.74) is 4.10. The number of aromatic nitrogens is 1. The normalized spacial score (nSPS) is 17.8. The van der Waals surface area contributed by atoms with Crippen LogP contribution in [0.5, 0.6) is 5.75 Å². The number of hydrogen-bond acceptors (Lipinski definition) is 4. The van der Waals surface area contributed by atoms with Gasteiger partial charge in [0.15, 0.2) is 0 Å². The van der Waals surface area contributed by atoms with E-state index in [0.717, 1.165) is 72.2 Å². The highest BCUT2D eigenvalue weighted by atomic mass is 16.5. The molecule has 35 heavy (non-hydrogen) atoms. The quantitative estimate of drug-likeness (QED) is 0.457. The summed E-state index contributed by atoms with van der Waals surface area (Å²) in [6.07, 6.45) is 8.14. The van der Waals surface area contributed by atoms with Crippen molar-refractivity contribution in [3.8, 4) is 5.75 Å². The number of carbonyl (C=O) groups is 1. The van der Waals surface area contributed by atoms with Gasteiger partial charge in [-0.15, -0.1) is 0 Å². The Balaban J connectivity index is 1.28. The van der Waals surface area contributed by atoms with Crippen molar-refractivity contribution in [3.63, 3.8) is 0 Å². The van der Waals surface area contributed by atoms with Gasteiger partial charge in [-0.05, 0) is 62.3 Å². The van der Waals surface area contributed by atoms with Crippen LogP contribution in [-0.2, 0) is 16.1 Å². The van der Waals surface area contributed by atoms with Crippen molar-refractivity contribution in [1.82, 2.24) is 9.88 Å². The molecule has 2 aliphatic heterocycles. The minimum atomic E-state index is 0.148. The van der Waals surface area contributed by atoms with E-state index in [4.69, 9.17) is 14.5 Å². The highest BCUT2D eigenvalue weighted by Crippen LogP contribution is 2.32. The second kappa shape index (κ2) is 11.0. The van der Waals surface area contributed by atoms with Gasteiger partial charge in [-0.1, -0.05) is 48.5 Å². The molecule has 0 bridgehead atoms. The molecule has 0 spiro atoms. The lowest BCUT2D eigenvalue weighted by atomic mass is 9.93. The van der Waals surface area contributed by atoms with Crippen LogP contribution in [0.1, 0.15) is 42.5 Å². The maximum Gasteiger partial charge on any atom is 0.225 e. The molecule has 3 heterocycles. The smallest absolute Gasteiger partial charge is 0.225 e. The van der Waals surface area contributed by atoms with E-state index in [1.807, 2.05) is 36.4 Å². The minimum Gasteiger partial charge on any atom is -0.488 e. The lowest BCUT2D eigenvalue weighted by Crippen LogP contribution is -2.42. The van der Waals surface area contributed by atoms with Crippen LogP contribution in [0, 0.1) is 18.8 Å². The summed E-state index contributed by atoms with van der Waals surface area (Å²) in [5.74, 6) is 1.82. The molecule has 5 nitrogen and oxygen atoms in total. The Morgan fingerprint density at radius 1 is 1.03 bits per heavy atom. The molecule has 2 saturated heterocycles. The number of rotatable bonds is 6. The number of piperidine rings is 1. The Hall–Kier alpha value is -3.18. The molecule has 2 fully saturated rings. The largest absolute Gasteiger partial charge is 0.488 e. The van der Waals surface area contributed by atoms with Crippen LogP contribution in [0.4, 0.5) is 0 Å². The number of ether oxygens (including phenoxy) is 2. The van der Waals surface area contributed by atoms with Gasteiger partial charge in [0.2, 0.25) is 5.91 Å². The number of carbonyl (C=O) groups excluding carboxylic acids is 1. The zero-order chi connectivity index (χ0) is 24.0. The van der Waals surface area contributed by atoms with Gasteiger partial charge < -0.3 is 14.4 Å². The van der Waals surface area contributed by atoms with Gasteiger partial charge in [0.25, 0.3) is 0 Å². The van der Waals surface area contributed by atoms with Crippen LogP contribution in [0.15, 0.2) is 60.7 Å². The topological polar surface area (TPSA) is 51.7 Å². The first-order valence-corrected chi connectivity index (χ1v) is 12.8. The average Bonchev–Trinajstić information content (AvgIpc) is 2.92. The van der Waals surface area contributed by atoms with Crippen LogP contribution in [0.3, 0.4) is 0 Å². The van der Waals surface area contributed by atoms with Gasteiger partial charge in [0.1, 0.15) is 12.4 Å². The predicted molar refractivity (Wildman–Crippen MR) is 139 cm³/mol. The van der Waals surface area contributed by atoms with E-state index in [1.54, 1.807) is 0 Å². The van der Waals surface area contributed by atoms with Crippen molar-refractivity contribution in [2.24, 2.45) is 11.8 Å². The van der Waals surface area contributed by atoms with Crippen molar-refractivity contribution >= 4 is 22.9 Å². The zero-order valence-electron chi connectivity index (χ0n) is 20.5. The molecule has 0 radical (unpaired) electrons. The summed E-state index contributed by atoms with van der Waals surface area (Å²) in [6.45, 7) is 5.71. The van der Waals surface area contributed by atoms with Gasteiger partial charge in [-0.2, -0.15) is 0 Å². The highest BCUT2D eigenvalue weighted by molar-refractivity contribution is 5.88. The molecule has 0 N–H and O–H groups in total. The molecular formula is C30H34N2O3. The van der Waals surface area contributed by atoms with E-state index in [-0.39, 0.29) is 5.92 Å². The molecule has 5 heteroatoms. The van der Waals surface area contributed by atoms with Gasteiger partial charge >= 0.3 is 0 Å². The van der Waals surface area contributed by atoms with Gasteiger partial charge in [-0.3, -0.25) is 4.79 Å². The molecule has 0 atom stereocenters. The Morgan fingerprint density at radius 2 is 1.74 bits per heavy atom. The fourth-order valence-electron chi connectivity index (χ4n) is 5.12. The Bertz CT molecular complexity index is 1180. The van der Waals surface area contributed by atoms with Crippen LogP contribution in [-0.4, -0.2) is 42.1 Å². The molecule has 5 rings (SSSR count). The van der Waals surface area contributed by atoms with E-state index in [9.17, 15) is 4.79 Å². The van der Waals surface area contributed by atoms with Crippen molar-refractivity contribution in [2.45, 2.75) is 39.2 Å². The molecule has 3 aromatic rings. The maximum absolute atomic E-state index is 12.8. The number of likely N-dealkylation sites (tertiary alicyclic amines) is 1. The summed E-state index contributed by atoms with van der Waals surface area (Å²) in [6, 6.07) is 18.4. The van der Waals surface area contributed by atoms with Gasteiger partial charge in [0.05, 0.1) is 11.2 Å². The first-order chi connectivity index (χ1) is 17.2. The van der Waals surface area contributed by atoms with Crippen molar-refractivity contribution in [1.29, 1.82) is 0 Å². The Morgan fingerprint density at radius 3 is 2.51 bits per heavy atom. The standard InChI is InChI=1S/C30H34N2O3/c1-22-27(12-11-23-13-17-32(18-14-23)30(33)25-15-19-34-20-16-25)31-28-10-6-5-9-26(28)29(22)35-21-24-7-3-2-4-8-24/h2-12,23,25H,13-21H2,1H3. The number of hydrogen-bond donors (Lipinski definition) is 0. The first-order valence-electron chi connectivity index (χ1n) is 12.8. The second-order valence-corrected chi connectivity index (χ2v) is 9.65. The highest BCUT2D eigenvalue weighted by Gasteiger charge is 2.28. The lowest BCUT2D eigenvalue weighted by Gasteiger charge is -2.34. The summed E-state index contributed by atoms with van der Waals surface area (Å²) in [7, 11) is 0. The number of para-hydroxylation sites is 1. The predicted octanol–water partition coefficient (Wildman–Crippen LogP) is 5.80. The van der Waals surface area contributed by atoms with Crippen LogP contribution < -0.4 is 4.74 Å². The zero-order valence-corrected chi connectivity index (χ0v) is 20.5. The van der Waals surface area contributed by atoms with E-state index in [0.29, 0.717) is 31.6 Å². The van der Waals surface area contributed by atoms with Gasteiger partial charge in [-0.25, -0.2) is 4.98 Å². The number of nitrogens with zero attached hydrogens (tertiary/aromatic N) is 2. The van der Waals surface area contributed by atoms with E-state index in [2.05, 4.69) is 42.2 Å². The minimum absolute atomic E-state index is 0.148. The molecule has 2 aromatic carbocycles. The molecule has 0 saturated carbocycles. The fourth-order valence-corrected chi connectivity index (χ4v) is 5.12. The summed E-state index contributed by atoms with van der Waals surface area (Å²) >= 11 is 0. The van der Waals surface area contributed by atoms with E-state index < -0.39 is 0 Å². The monoisotopic (exact) mass is 470 g/mol. The van der Waals surface area contributed by atoms with Crippen molar-refractivity contribution in [3.05, 3.63) is 77.5 Å². The maximum atomic E-state index is 12.8. The van der Waals surface area contributed by atoms with Crippen molar-refractivity contribution in [2.75, 3.05) is 26.3 Å². The number of amides is 1. The Kier molecular flexibility index (Phi) is 7.43. The lowest BCUT2D eigenvalue weighted by molar-refractivity contribution is -0.139. The number of benzene rings is 2. The molecule has 0 aliphatic carbocycles. The molecule has 2 aliphatic rings. The third-order valence-electron chi connectivity index (χ3n) is 7.29. The summed E-state index contributed by atoms with van der Waals surface area (Å²) in [4.78, 5) is 19.8. The molecular weight excluding hydrogens is 436 g/mol. The third-order valence-corrected chi connectivity index (χ3v) is 7.29. The Labute approximate surface area is 207 Å². The van der Waals surface area contributed by atoms with Crippen LogP contribution in [0.2, 0.25) is 0 Å². The number of pyridine rings is 1. The number of allylic oxidation sites excluding steroid dienone is 1. The van der Waals surface area contributed by atoms with Crippen LogP contribution in [0.25, 0.3) is 17.0 Å². The van der Waals surface area contributed by atoms with E-state index >= 15 is 0 Å². The van der Waals surface area contributed by atoms with E-state index in [1.165, 1.54) is 0 Å². The molecule has 182 valence electrons. The SMILES string of the molecule is Cc1c(C=CC2CCN(C(=O)C3CCOCC3)CC2)nc2ccccc2c1OCc1ccccc1. The summed E-state index contributed by atoms with van der Waals surface area (Å²) < 4.78 is 11.8. The van der Waals surface area contributed by atoms with Crippen molar-refractivity contribution < 1.29 is 14.3 Å². The average molecular weight is 471 g/mol.